The number of likely N-dealkylation sites (N-methyl/N-ethyl adjacent to an activating group) is 1. The molecule has 3 atom stereocenters. The average Bonchev–Trinajstić information content (AvgIpc) is 3.39. The van der Waals surface area contributed by atoms with Gasteiger partial charge in [-0.05, 0) is 120 Å². The van der Waals surface area contributed by atoms with E-state index in [1.54, 1.807) is 29.4 Å². The van der Waals surface area contributed by atoms with Gasteiger partial charge in [0.05, 0.1) is 32.0 Å². The van der Waals surface area contributed by atoms with Crippen LogP contribution in [0.5, 0.6) is 0 Å². The zero-order valence-corrected chi connectivity index (χ0v) is 49.9. The largest absolute Gasteiger partial charge is 0.380 e. The molecule has 5 aliphatic rings. The highest BCUT2D eigenvalue weighted by molar-refractivity contribution is 5.29. The van der Waals surface area contributed by atoms with Crippen molar-refractivity contribution in [2.45, 2.75) is 233 Å². The summed E-state index contributed by atoms with van der Waals surface area (Å²) in [4.78, 5) is 2.33. The van der Waals surface area contributed by atoms with Crippen molar-refractivity contribution in [2.75, 3.05) is 47.1 Å². The van der Waals surface area contributed by atoms with Crippen molar-refractivity contribution in [3.8, 4) is 0 Å². The van der Waals surface area contributed by atoms with Crippen molar-refractivity contribution < 1.29 is 14.2 Å². The Bertz CT molecular complexity index is 1230. The molecule has 2 aliphatic heterocycles. The summed E-state index contributed by atoms with van der Waals surface area (Å²) in [5, 5.41) is 0. The van der Waals surface area contributed by atoms with Crippen LogP contribution in [0, 0.1) is 5.92 Å². The minimum atomic E-state index is 0.245. The van der Waals surface area contributed by atoms with Gasteiger partial charge in [0.1, 0.15) is 0 Å². The molecule has 0 fully saturated rings. The first-order valence-corrected chi connectivity index (χ1v) is 28.9. The molecule has 0 bridgehead atoms. The van der Waals surface area contributed by atoms with Crippen LogP contribution in [0.15, 0.2) is 109 Å². The van der Waals surface area contributed by atoms with Gasteiger partial charge in [-0.15, -0.1) is 0 Å². The van der Waals surface area contributed by atoms with Crippen LogP contribution in [-0.4, -0.2) is 64.2 Å². The van der Waals surface area contributed by atoms with Crippen molar-refractivity contribution in [3.05, 3.63) is 132 Å². The van der Waals surface area contributed by atoms with Crippen LogP contribution < -0.4 is 0 Å². The molecule has 0 radical (unpaired) electrons. The van der Waals surface area contributed by atoms with E-state index in [2.05, 4.69) is 116 Å². The minimum Gasteiger partial charge on any atom is -0.380 e. The van der Waals surface area contributed by atoms with E-state index in [0.717, 1.165) is 32.7 Å². The summed E-state index contributed by atoms with van der Waals surface area (Å²) < 4.78 is 15.9. The number of methoxy groups -OCH3 is 1. The van der Waals surface area contributed by atoms with Crippen LogP contribution >= 0.6 is 0 Å². The monoisotopic (exact) mass is 964 g/mol. The fraction of sp³-hybridized carbons (Fsp3) is 0.662. The fourth-order valence-electron chi connectivity index (χ4n) is 6.92. The molecular formula is C65H121NO3. The van der Waals surface area contributed by atoms with Gasteiger partial charge >= 0.3 is 0 Å². The molecule has 3 unspecified atom stereocenters. The van der Waals surface area contributed by atoms with Crippen molar-refractivity contribution in [2.24, 2.45) is 5.92 Å². The second-order valence-electron chi connectivity index (χ2n) is 14.9. The highest BCUT2D eigenvalue weighted by atomic mass is 16.5. The van der Waals surface area contributed by atoms with Crippen LogP contribution in [0.4, 0.5) is 0 Å². The summed E-state index contributed by atoms with van der Waals surface area (Å²) in [5.74, 6) is 0.540. The molecule has 7 rings (SSSR count). The van der Waals surface area contributed by atoms with Crippen LogP contribution in [-0.2, 0) is 39.9 Å². The predicted molar refractivity (Wildman–Crippen MR) is 319 cm³/mol. The van der Waals surface area contributed by atoms with Crippen LogP contribution in [0.3, 0.4) is 0 Å². The molecule has 69 heavy (non-hydrogen) atoms. The van der Waals surface area contributed by atoms with Gasteiger partial charge in [-0.25, -0.2) is 0 Å². The minimum absolute atomic E-state index is 0.245. The van der Waals surface area contributed by atoms with Crippen molar-refractivity contribution in [1.82, 2.24) is 4.90 Å². The second-order valence-corrected chi connectivity index (χ2v) is 14.9. The SMILES string of the molecule is C1=CCCCCCC1.C1=C\CCc2ccccc2CC/1.C1=C\CCc2ccccc2CC/1.CC.CC.CC.CC.CC.CC.CC.CC.CC1COC/C=C\CO1.COC1CN(C)CC/C=C\C1C. The van der Waals surface area contributed by atoms with E-state index in [1.165, 1.54) is 89.9 Å². The molecule has 0 saturated heterocycles. The maximum Gasteiger partial charge on any atom is 0.0784 e. The lowest BCUT2D eigenvalue weighted by Crippen LogP contribution is -2.35. The summed E-state index contributed by atoms with van der Waals surface area (Å²) in [7, 11) is 3.95. The lowest BCUT2D eigenvalue weighted by atomic mass is 9.97. The lowest BCUT2D eigenvalue weighted by Gasteiger charge is -2.27. The molecule has 0 amide bonds. The highest BCUT2D eigenvalue weighted by Gasteiger charge is 2.17. The number of allylic oxidation sites excluding steroid dienone is 6. The number of benzene rings is 2. The van der Waals surface area contributed by atoms with Gasteiger partial charge in [0, 0.05) is 26.1 Å². The Kier molecular flexibility index (Phi) is 77.7. The number of aryl methyl sites for hydroxylation is 4. The molecule has 0 spiro atoms. The summed E-state index contributed by atoms with van der Waals surface area (Å²) >= 11 is 0. The predicted octanol–water partition coefficient (Wildman–Crippen LogP) is 19.9. The van der Waals surface area contributed by atoms with Crippen LogP contribution in [0.1, 0.15) is 218 Å². The number of hydrogen-bond donors (Lipinski definition) is 0. The molecule has 3 aliphatic carbocycles. The van der Waals surface area contributed by atoms with Crippen LogP contribution in [0.25, 0.3) is 0 Å². The zero-order valence-electron chi connectivity index (χ0n) is 49.9. The molecule has 2 heterocycles. The number of nitrogens with zero attached hydrogens (tertiary/aromatic N) is 1. The molecule has 404 valence electrons. The maximum absolute atomic E-state index is 5.42. The van der Waals surface area contributed by atoms with Crippen LogP contribution in [0.2, 0.25) is 0 Å². The third kappa shape index (κ3) is 49.7. The Balaban J connectivity index is -0.000000168. The molecule has 0 N–H and O–H groups in total. The average molecular weight is 965 g/mol. The first kappa shape index (κ1) is 77.4. The van der Waals surface area contributed by atoms with E-state index in [4.69, 9.17) is 14.2 Å². The Morgan fingerprint density at radius 1 is 0.449 bits per heavy atom. The maximum atomic E-state index is 5.42. The summed E-state index contributed by atoms with van der Waals surface area (Å²) in [6.07, 6.45) is 42.1. The third-order valence-electron chi connectivity index (χ3n) is 10.3. The number of rotatable bonds is 1. The number of hydrogen-bond acceptors (Lipinski definition) is 4. The number of ether oxygens (including phenoxy) is 3. The molecule has 2 aromatic carbocycles. The van der Waals surface area contributed by atoms with Gasteiger partial charge in [0.15, 0.2) is 0 Å². The van der Waals surface area contributed by atoms with E-state index in [9.17, 15) is 0 Å². The summed E-state index contributed by atoms with van der Waals surface area (Å²) in [5.41, 5.74) is 6.17. The Hall–Kier alpha value is -3.02. The van der Waals surface area contributed by atoms with Gasteiger partial charge in [-0.2, -0.15) is 0 Å². The van der Waals surface area contributed by atoms with Gasteiger partial charge in [-0.3, -0.25) is 0 Å². The van der Waals surface area contributed by atoms with Gasteiger partial charge in [0.25, 0.3) is 0 Å². The fourth-order valence-corrected chi connectivity index (χ4v) is 6.92. The molecule has 0 saturated carbocycles. The molecular weight excluding hydrogens is 843 g/mol. The molecule has 4 heteroatoms. The zero-order chi connectivity index (χ0) is 53.6. The highest BCUT2D eigenvalue weighted by Crippen LogP contribution is 2.17. The Morgan fingerprint density at radius 2 is 0.812 bits per heavy atom. The Morgan fingerprint density at radius 3 is 1.19 bits per heavy atom. The molecule has 0 aromatic heterocycles. The van der Waals surface area contributed by atoms with Crippen molar-refractivity contribution in [1.29, 1.82) is 0 Å². The van der Waals surface area contributed by atoms with Gasteiger partial charge in [0.2, 0.25) is 0 Å². The first-order chi connectivity index (χ1) is 34.1. The van der Waals surface area contributed by atoms with Gasteiger partial charge in [-0.1, -0.05) is 240 Å². The van der Waals surface area contributed by atoms with E-state index in [1.807, 2.05) is 130 Å². The van der Waals surface area contributed by atoms with E-state index < -0.39 is 0 Å². The lowest BCUT2D eigenvalue weighted by molar-refractivity contribution is 0.00686. The molecule has 2 aromatic rings. The molecule has 4 nitrogen and oxygen atoms in total. The van der Waals surface area contributed by atoms with Crippen molar-refractivity contribution in [3.63, 3.8) is 0 Å². The quantitative estimate of drug-likeness (QED) is 0.267. The van der Waals surface area contributed by atoms with Crippen molar-refractivity contribution >= 4 is 0 Å². The van der Waals surface area contributed by atoms with E-state index in [0.29, 0.717) is 18.6 Å². The summed E-state index contributed by atoms with van der Waals surface area (Å²) in [6.45, 7) is 40.6. The smallest absolute Gasteiger partial charge is 0.0784 e. The van der Waals surface area contributed by atoms with Gasteiger partial charge < -0.3 is 19.1 Å². The van der Waals surface area contributed by atoms with E-state index >= 15 is 0 Å². The summed E-state index contributed by atoms with van der Waals surface area (Å²) in [6, 6.07) is 17.6. The topological polar surface area (TPSA) is 30.9 Å². The Labute approximate surface area is 435 Å². The number of fused-ring (bicyclic) bond motifs is 2. The third-order valence-corrected chi connectivity index (χ3v) is 10.3. The first-order valence-electron chi connectivity index (χ1n) is 28.9. The standard InChI is InChI=1S/2C12H14.C10H19NO.C8H14.C7H12O2.8C2H6/c2*1-2-4-8-12-10-6-5-9-11(12)7-3-1;1-9-6-4-5-7-11(2)8-10(9)12-3;1-2-4-6-8-7-5-3-1;1-7-6-8-4-2-3-5-9-7;8*1-2/h2*1-2,5-6,9-10H,3-4,7-8H2;4,6,9-10H,5,7-8H2,1-3H3;1-2H,3-8H2;2-3,7H,4-6H2,1H3;8*1-2H3/b2*2-1-;6-4-;;3-2-;;;;;;;;. The normalized spacial score (nSPS) is 20.3. The second kappa shape index (κ2) is 69.2. The van der Waals surface area contributed by atoms with E-state index in [-0.39, 0.29) is 6.10 Å².